The summed E-state index contributed by atoms with van der Waals surface area (Å²) in [4.78, 5) is 0.0526. The molecule has 0 amide bonds. The summed E-state index contributed by atoms with van der Waals surface area (Å²) in [6, 6.07) is 5.22. The van der Waals surface area contributed by atoms with Gasteiger partial charge in [-0.05, 0) is 32.0 Å². The lowest BCUT2D eigenvalue weighted by Crippen LogP contribution is -2.13. The minimum Gasteiger partial charge on any atom is -0.392 e. The molecule has 116 valence electrons. The van der Waals surface area contributed by atoms with Crippen LogP contribution < -0.4 is 0 Å². The summed E-state index contributed by atoms with van der Waals surface area (Å²) >= 11 is 3.35. The van der Waals surface area contributed by atoms with Gasteiger partial charge in [-0.2, -0.15) is 0 Å². The fraction of sp³-hybridized carbons (Fsp3) is 0.214. The zero-order valence-corrected chi connectivity index (χ0v) is 14.3. The molecular formula is C14H13BrN2O4S. The number of hydrogen-bond donors (Lipinski definition) is 1. The molecule has 0 bridgehead atoms. The first-order valence-corrected chi connectivity index (χ1v) is 8.68. The van der Waals surface area contributed by atoms with E-state index in [1.165, 1.54) is 6.20 Å². The van der Waals surface area contributed by atoms with Gasteiger partial charge in [-0.3, -0.25) is 0 Å². The van der Waals surface area contributed by atoms with Gasteiger partial charge in [0.1, 0.15) is 5.69 Å². The van der Waals surface area contributed by atoms with Crippen molar-refractivity contribution in [1.29, 1.82) is 0 Å². The van der Waals surface area contributed by atoms with Crippen molar-refractivity contribution in [2.24, 2.45) is 0 Å². The Balaban J connectivity index is 2.35. The second-order valence-electron chi connectivity index (χ2n) is 4.93. The van der Waals surface area contributed by atoms with E-state index in [0.717, 1.165) is 8.45 Å². The molecule has 3 rings (SSSR count). The second-order valence-corrected chi connectivity index (χ2v) is 7.60. The first kappa shape index (κ1) is 15.3. The van der Waals surface area contributed by atoms with Gasteiger partial charge in [0, 0.05) is 21.6 Å². The van der Waals surface area contributed by atoms with Crippen molar-refractivity contribution < 1.29 is 18.0 Å². The molecule has 0 fully saturated rings. The lowest BCUT2D eigenvalue weighted by atomic mass is 10.2. The van der Waals surface area contributed by atoms with Crippen molar-refractivity contribution in [2.75, 3.05) is 0 Å². The van der Waals surface area contributed by atoms with E-state index < -0.39 is 10.0 Å². The summed E-state index contributed by atoms with van der Waals surface area (Å²) < 4.78 is 32.8. The second kappa shape index (κ2) is 5.22. The molecule has 0 radical (unpaired) electrons. The largest absolute Gasteiger partial charge is 0.392 e. The molecule has 1 N–H and O–H groups in total. The molecule has 0 aliphatic heterocycles. The molecule has 0 aliphatic carbocycles. The van der Waals surface area contributed by atoms with Gasteiger partial charge in [0.15, 0.2) is 10.7 Å². The van der Waals surface area contributed by atoms with E-state index in [0.29, 0.717) is 22.2 Å². The van der Waals surface area contributed by atoms with Crippen molar-refractivity contribution in [3.05, 3.63) is 45.9 Å². The average molecular weight is 385 g/mol. The molecule has 0 atom stereocenters. The Bertz CT molecular complexity index is 953. The minimum absolute atomic E-state index is 0.0526. The molecule has 0 unspecified atom stereocenters. The van der Waals surface area contributed by atoms with Crippen LogP contribution in [0.4, 0.5) is 0 Å². The highest BCUT2D eigenvalue weighted by Crippen LogP contribution is 2.30. The van der Waals surface area contributed by atoms with Crippen molar-refractivity contribution in [2.45, 2.75) is 25.3 Å². The Kier molecular flexibility index (Phi) is 3.62. The molecule has 6 nitrogen and oxygen atoms in total. The SMILES string of the molecule is Cc1noc(C)c1S(=O)(=O)n1cc(CO)c2cc(Br)ccc21. The smallest absolute Gasteiger partial charge is 0.273 e. The number of fused-ring (bicyclic) bond motifs is 1. The quantitative estimate of drug-likeness (QED) is 0.750. The fourth-order valence-corrected chi connectivity index (χ4v) is 4.56. The normalized spacial score (nSPS) is 12.2. The van der Waals surface area contributed by atoms with Gasteiger partial charge in [-0.1, -0.05) is 21.1 Å². The standard InChI is InChI=1S/C14H13BrN2O4S/c1-8-14(9(2)21-16-8)22(19,20)17-6-10(7-18)12-5-11(15)3-4-13(12)17/h3-6,18H,7H2,1-2H3. The molecule has 2 heterocycles. The molecule has 0 saturated carbocycles. The number of hydrogen-bond acceptors (Lipinski definition) is 5. The third-order valence-electron chi connectivity index (χ3n) is 3.47. The molecule has 3 aromatic rings. The molecule has 22 heavy (non-hydrogen) atoms. The summed E-state index contributed by atoms with van der Waals surface area (Å²) in [7, 11) is -3.85. The van der Waals surface area contributed by atoms with Gasteiger partial charge < -0.3 is 9.63 Å². The van der Waals surface area contributed by atoms with Gasteiger partial charge in [0.2, 0.25) is 0 Å². The Morgan fingerprint density at radius 1 is 1.36 bits per heavy atom. The minimum atomic E-state index is -3.85. The topological polar surface area (TPSA) is 85.3 Å². The zero-order chi connectivity index (χ0) is 16.1. The number of aliphatic hydroxyl groups is 1. The predicted octanol–water partition coefficient (Wildman–Crippen LogP) is 2.74. The van der Waals surface area contributed by atoms with Crippen LogP contribution in [0.15, 0.2) is 38.3 Å². The number of nitrogens with zero attached hydrogens (tertiary/aromatic N) is 2. The van der Waals surface area contributed by atoms with E-state index in [2.05, 4.69) is 21.1 Å². The fourth-order valence-electron chi connectivity index (χ4n) is 2.50. The molecule has 0 aliphatic rings. The van der Waals surface area contributed by atoms with Gasteiger partial charge in [0.25, 0.3) is 10.0 Å². The summed E-state index contributed by atoms with van der Waals surface area (Å²) in [6.07, 6.45) is 1.43. The molecule has 0 saturated heterocycles. The number of benzene rings is 1. The maximum atomic E-state index is 12.9. The molecule has 2 aromatic heterocycles. The number of aliphatic hydroxyl groups excluding tert-OH is 1. The van der Waals surface area contributed by atoms with Crippen LogP contribution in [0.1, 0.15) is 17.0 Å². The lowest BCUT2D eigenvalue weighted by Gasteiger charge is -2.06. The highest BCUT2D eigenvalue weighted by atomic mass is 79.9. The predicted molar refractivity (Wildman–Crippen MR) is 84.1 cm³/mol. The molecular weight excluding hydrogens is 372 g/mol. The molecule has 0 spiro atoms. The monoisotopic (exact) mass is 384 g/mol. The third-order valence-corrected chi connectivity index (χ3v) is 5.88. The number of halogens is 1. The first-order valence-electron chi connectivity index (χ1n) is 6.45. The summed E-state index contributed by atoms with van der Waals surface area (Å²) in [5.41, 5.74) is 1.33. The van der Waals surface area contributed by atoms with E-state index in [-0.39, 0.29) is 17.3 Å². The number of aromatic nitrogens is 2. The van der Waals surface area contributed by atoms with Crippen LogP contribution in [0.2, 0.25) is 0 Å². The van der Waals surface area contributed by atoms with Gasteiger partial charge in [-0.25, -0.2) is 12.4 Å². The van der Waals surface area contributed by atoms with Gasteiger partial charge in [0.05, 0.1) is 12.1 Å². The maximum absolute atomic E-state index is 12.9. The Labute approximate surface area is 135 Å². The first-order chi connectivity index (χ1) is 10.4. The third kappa shape index (κ3) is 2.18. The van der Waals surface area contributed by atoms with Crippen molar-refractivity contribution in [3.63, 3.8) is 0 Å². The number of aryl methyl sites for hydroxylation is 2. The van der Waals surface area contributed by atoms with Crippen LogP contribution in [0.5, 0.6) is 0 Å². The van der Waals surface area contributed by atoms with Crippen molar-refractivity contribution in [3.8, 4) is 0 Å². The highest BCUT2D eigenvalue weighted by Gasteiger charge is 2.28. The van der Waals surface area contributed by atoms with E-state index in [1.807, 2.05) is 0 Å². The molecule has 8 heteroatoms. The van der Waals surface area contributed by atoms with Crippen LogP contribution in [0, 0.1) is 13.8 Å². The van der Waals surface area contributed by atoms with Crippen LogP contribution in [-0.2, 0) is 16.6 Å². The maximum Gasteiger partial charge on any atom is 0.273 e. The summed E-state index contributed by atoms with van der Waals surface area (Å²) in [5, 5.41) is 13.9. The Morgan fingerprint density at radius 2 is 2.09 bits per heavy atom. The summed E-state index contributed by atoms with van der Waals surface area (Å²) in [6.45, 7) is 2.89. The van der Waals surface area contributed by atoms with Gasteiger partial charge in [-0.15, -0.1) is 0 Å². The summed E-state index contributed by atoms with van der Waals surface area (Å²) in [5.74, 6) is 0.238. The lowest BCUT2D eigenvalue weighted by molar-refractivity contribution is 0.283. The van der Waals surface area contributed by atoms with Crippen molar-refractivity contribution >= 4 is 36.9 Å². The molecule has 1 aromatic carbocycles. The van der Waals surface area contributed by atoms with Crippen molar-refractivity contribution in [1.82, 2.24) is 9.13 Å². The van der Waals surface area contributed by atoms with Crippen LogP contribution in [0.25, 0.3) is 10.9 Å². The van der Waals surface area contributed by atoms with Crippen LogP contribution >= 0.6 is 15.9 Å². The average Bonchev–Trinajstić information content (AvgIpc) is 2.99. The Morgan fingerprint density at radius 3 is 2.68 bits per heavy atom. The Hall–Kier alpha value is -1.64. The number of rotatable bonds is 3. The van der Waals surface area contributed by atoms with Crippen LogP contribution in [-0.4, -0.2) is 22.7 Å². The zero-order valence-electron chi connectivity index (χ0n) is 11.9. The van der Waals surface area contributed by atoms with E-state index in [4.69, 9.17) is 4.52 Å². The van der Waals surface area contributed by atoms with Crippen LogP contribution in [0.3, 0.4) is 0 Å². The highest BCUT2D eigenvalue weighted by molar-refractivity contribution is 9.10. The van der Waals surface area contributed by atoms with Gasteiger partial charge >= 0.3 is 0 Å². The van der Waals surface area contributed by atoms with E-state index in [9.17, 15) is 13.5 Å². The van der Waals surface area contributed by atoms with E-state index >= 15 is 0 Å². The van der Waals surface area contributed by atoms with E-state index in [1.54, 1.807) is 32.0 Å².